The molecule has 0 saturated carbocycles. The van der Waals surface area contributed by atoms with E-state index in [4.69, 9.17) is 5.84 Å². The molecule has 0 spiro atoms. The molecule has 1 aromatic heterocycles. The van der Waals surface area contributed by atoms with Crippen LogP contribution in [0.4, 0.5) is 5.82 Å². The van der Waals surface area contributed by atoms with Gasteiger partial charge in [0.1, 0.15) is 5.82 Å². The first-order valence-corrected chi connectivity index (χ1v) is 3.47. The summed E-state index contributed by atoms with van der Waals surface area (Å²) >= 11 is 0. The van der Waals surface area contributed by atoms with Gasteiger partial charge in [-0.25, -0.2) is 10.8 Å². The standard InChI is InChI=1S/C7H10N4O/c8-11-7(12)5-10-6-3-1-2-4-9-6/h1-4H,5,8H2,(H,9,10)(H,11,12). The molecule has 0 saturated heterocycles. The number of nitrogens with one attached hydrogen (secondary N) is 2. The Morgan fingerprint density at radius 1 is 1.58 bits per heavy atom. The number of nitrogens with zero attached hydrogens (tertiary/aromatic N) is 1. The number of hydrazine groups is 1. The minimum atomic E-state index is -0.277. The van der Waals surface area contributed by atoms with Crippen LogP contribution in [-0.4, -0.2) is 17.4 Å². The Bertz CT molecular complexity index is 249. The van der Waals surface area contributed by atoms with Crippen molar-refractivity contribution in [2.45, 2.75) is 0 Å². The molecule has 1 rings (SSSR count). The van der Waals surface area contributed by atoms with Crippen molar-refractivity contribution in [3.63, 3.8) is 0 Å². The Labute approximate surface area is 70.0 Å². The van der Waals surface area contributed by atoms with E-state index < -0.39 is 0 Å². The number of aromatic nitrogens is 1. The van der Waals surface area contributed by atoms with Gasteiger partial charge in [0.2, 0.25) is 0 Å². The topological polar surface area (TPSA) is 80.0 Å². The third-order valence-electron chi connectivity index (χ3n) is 1.26. The van der Waals surface area contributed by atoms with Gasteiger partial charge >= 0.3 is 0 Å². The first-order valence-electron chi connectivity index (χ1n) is 3.47. The van der Waals surface area contributed by atoms with E-state index in [1.165, 1.54) is 0 Å². The summed E-state index contributed by atoms with van der Waals surface area (Å²) in [4.78, 5) is 14.6. The highest BCUT2D eigenvalue weighted by atomic mass is 16.2. The molecule has 0 bridgehead atoms. The van der Waals surface area contributed by atoms with Crippen LogP contribution in [0.3, 0.4) is 0 Å². The normalized spacial score (nSPS) is 9.08. The molecule has 0 aromatic carbocycles. The summed E-state index contributed by atoms with van der Waals surface area (Å²) in [6.45, 7) is 0.132. The van der Waals surface area contributed by atoms with Crippen LogP contribution in [0.2, 0.25) is 0 Å². The fraction of sp³-hybridized carbons (Fsp3) is 0.143. The molecule has 0 fully saturated rings. The average molecular weight is 166 g/mol. The van der Waals surface area contributed by atoms with E-state index in [0.29, 0.717) is 5.82 Å². The van der Waals surface area contributed by atoms with Gasteiger partial charge in [0, 0.05) is 6.20 Å². The molecular weight excluding hydrogens is 156 g/mol. The van der Waals surface area contributed by atoms with E-state index in [1.807, 2.05) is 11.5 Å². The SMILES string of the molecule is NNC(=O)CNc1ccccn1. The van der Waals surface area contributed by atoms with Gasteiger partial charge in [0.15, 0.2) is 0 Å². The summed E-state index contributed by atoms with van der Waals surface area (Å²) in [5.74, 6) is 5.25. The van der Waals surface area contributed by atoms with Gasteiger partial charge < -0.3 is 5.32 Å². The van der Waals surface area contributed by atoms with E-state index in [2.05, 4.69) is 10.3 Å². The lowest BCUT2D eigenvalue weighted by Gasteiger charge is -2.02. The molecule has 5 heteroatoms. The Kier molecular flexibility index (Phi) is 3.04. The predicted molar refractivity (Wildman–Crippen MR) is 45.1 cm³/mol. The molecule has 12 heavy (non-hydrogen) atoms. The van der Waals surface area contributed by atoms with Crippen molar-refractivity contribution in [2.24, 2.45) is 5.84 Å². The maximum Gasteiger partial charge on any atom is 0.253 e. The summed E-state index contributed by atoms with van der Waals surface area (Å²) in [5, 5.41) is 2.79. The number of amides is 1. The largest absolute Gasteiger partial charge is 0.361 e. The molecule has 0 unspecified atom stereocenters. The van der Waals surface area contributed by atoms with E-state index in [-0.39, 0.29) is 12.5 Å². The number of carbonyl (C=O) groups excluding carboxylic acids is 1. The van der Waals surface area contributed by atoms with Crippen molar-refractivity contribution in [1.29, 1.82) is 0 Å². The molecule has 0 aliphatic heterocycles. The molecule has 4 N–H and O–H groups in total. The molecule has 0 aliphatic rings. The van der Waals surface area contributed by atoms with Crippen molar-refractivity contribution in [1.82, 2.24) is 10.4 Å². The second-order valence-corrected chi connectivity index (χ2v) is 2.14. The zero-order chi connectivity index (χ0) is 8.81. The summed E-state index contributed by atoms with van der Waals surface area (Å²) in [7, 11) is 0. The van der Waals surface area contributed by atoms with Crippen LogP contribution in [0.5, 0.6) is 0 Å². The minimum Gasteiger partial charge on any atom is -0.361 e. The number of anilines is 1. The quantitative estimate of drug-likeness (QED) is 0.321. The number of nitrogens with two attached hydrogens (primary N) is 1. The molecular formula is C7H10N4O. The Hall–Kier alpha value is -1.62. The monoisotopic (exact) mass is 166 g/mol. The van der Waals surface area contributed by atoms with Crippen LogP contribution in [0.15, 0.2) is 24.4 Å². The molecule has 64 valence electrons. The number of hydrogen-bond acceptors (Lipinski definition) is 4. The van der Waals surface area contributed by atoms with Gasteiger partial charge in [0.25, 0.3) is 5.91 Å². The van der Waals surface area contributed by atoms with E-state index in [1.54, 1.807) is 18.3 Å². The van der Waals surface area contributed by atoms with Crippen LogP contribution in [0.1, 0.15) is 0 Å². The van der Waals surface area contributed by atoms with Gasteiger partial charge in [-0.05, 0) is 12.1 Å². The zero-order valence-corrected chi connectivity index (χ0v) is 6.45. The molecule has 1 aromatic rings. The van der Waals surface area contributed by atoms with Crippen molar-refractivity contribution in [3.8, 4) is 0 Å². The molecule has 0 radical (unpaired) electrons. The summed E-state index contributed by atoms with van der Waals surface area (Å²) in [5.41, 5.74) is 2.01. The first kappa shape index (κ1) is 8.48. The van der Waals surface area contributed by atoms with Crippen LogP contribution in [0.25, 0.3) is 0 Å². The lowest BCUT2D eigenvalue weighted by Crippen LogP contribution is -2.35. The smallest absolute Gasteiger partial charge is 0.253 e. The fourth-order valence-electron chi connectivity index (χ4n) is 0.689. The number of carbonyl (C=O) groups is 1. The highest BCUT2D eigenvalue weighted by Crippen LogP contribution is 1.97. The van der Waals surface area contributed by atoms with Gasteiger partial charge in [-0.2, -0.15) is 0 Å². The first-order chi connectivity index (χ1) is 5.83. The highest BCUT2D eigenvalue weighted by Gasteiger charge is 1.96. The Morgan fingerprint density at radius 3 is 3.00 bits per heavy atom. The third-order valence-corrected chi connectivity index (χ3v) is 1.26. The van der Waals surface area contributed by atoms with Crippen LogP contribution in [-0.2, 0) is 4.79 Å². The zero-order valence-electron chi connectivity index (χ0n) is 6.45. The molecule has 1 heterocycles. The number of rotatable bonds is 3. The summed E-state index contributed by atoms with van der Waals surface area (Å²) in [6, 6.07) is 5.40. The van der Waals surface area contributed by atoms with Crippen LogP contribution in [0, 0.1) is 0 Å². The highest BCUT2D eigenvalue weighted by molar-refractivity contribution is 5.79. The molecule has 0 atom stereocenters. The fourth-order valence-corrected chi connectivity index (χ4v) is 0.689. The number of hydrogen-bond donors (Lipinski definition) is 3. The predicted octanol–water partition coefficient (Wildman–Crippen LogP) is -0.517. The van der Waals surface area contributed by atoms with Gasteiger partial charge in [-0.1, -0.05) is 6.07 Å². The maximum absolute atomic E-state index is 10.7. The summed E-state index contributed by atoms with van der Waals surface area (Å²) < 4.78 is 0. The van der Waals surface area contributed by atoms with Gasteiger partial charge in [-0.3, -0.25) is 10.2 Å². The van der Waals surface area contributed by atoms with Crippen molar-refractivity contribution in [2.75, 3.05) is 11.9 Å². The lowest BCUT2D eigenvalue weighted by atomic mass is 10.4. The second-order valence-electron chi connectivity index (χ2n) is 2.14. The van der Waals surface area contributed by atoms with Crippen LogP contribution >= 0.6 is 0 Å². The van der Waals surface area contributed by atoms with E-state index >= 15 is 0 Å². The van der Waals surface area contributed by atoms with E-state index in [0.717, 1.165) is 0 Å². The molecule has 0 aliphatic carbocycles. The van der Waals surface area contributed by atoms with Crippen molar-refractivity contribution in [3.05, 3.63) is 24.4 Å². The maximum atomic E-state index is 10.7. The van der Waals surface area contributed by atoms with E-state index in [9.17, 15) is 4.79 Å². The Morgan fingerprint density at radius 2 is 2.42 bits per heavy atom. The second kappa shape index (κ2) is 4.30. The molecule has 1 amide bonds. The third kappa shape index (κ3) is 2.55. The lowest BCUT2D eigenvalue weighted by molar-refractivity contribution is -0.119. The average Bonchev–Trinajstić information content (AvgIpc) is 2.16. The summed E-state index contributed by atoms with van der Waals surface area (Å²) in [6.07, 6.45) is 1.64. The Balaban J connectivity index is 2.38. The van der Waals surface area contributed by atoms with Gasteiger partial charge in [0.05, 0.1) is 6.54 Å². The van der Waals surface area contributed by atoms with Crippen LogP contribution < -0.4 is 16.6 Å². The van der Waals surface area contributed by atoms with Gasteiger partial charge in [-0.15, -0.1) is 0 Å². The van der Waals surface area contributed by atoms with Crippen molar-refractivity contribution >= 4 is 11.7 Å². The number of pyridine rings is 1. The minimum absolute atomic E-state index is 0.132. The van der Waals surface area contributed by atoms with Crippen molar-refractivity contribution < 1.29 is 4.79 Å². The molecule has 5 nitrogen and oxygen atoms in total.